The van der Waals surface area contributed by atoms with Crippen molar-refractivity contribution in [1.29, 1.82) is 0 Å². The number of carbonyl (C=O) groups excluding carboxylic acids is 1. The zero-order chi connectivity index (χ0) is 13.9. The molecular weight excluding hydrogens is 268 g/mol. The predicted molar refractivity (Wildman–Crippen MR) is 81.1 cm³/mol. The van der Waals surface area contributed by atoms with Gasteiger partial charge in [-0.3, -0.25) is 9.48 Å². The number of hydrogen-bond donors (Lipinski definition) is 0. The number of carbonyl (C=O) groups is 1. The average Bonchev–Trinajstić information content (AvgIpc) is 3.08. The first-order valence-electron chi connectivity index (χ1n) is 6.40. The highest BCUT2D eigenvalue weighted by Gasteiger charge is 2.08. The van der Waals surface area contributed by atoms with Crippen LogP contribution >= 0.6 is 11.3 Å². The third kappa shape index (κ3) is 2.70. The van der Waals surface area contributed by atoms with Gasteiger partial charge in [0, 0.05) is 16.6 Å². The Hall–Kier alpha value is -2.20. The van der Waals surface area contributed by atoms with Crippen molar-refractivity contribution in [2.24, 2.45) is 0 Å². The van der Waals surface area contributed by atoms with Crippen LogP contribution in [0.15, 0.2) is 54.9 Å². The minimum absolute atomic E-state index is 0.109. The van der Waals surface area contributed by atoms with Gasteiger partial charge < -0.3 is 0 Å². The summed E-state index contributed by atoms with van der Waals surface area (Å²) in [5, 5.41) is 4.38. The lowest BCUT2D eigenvalue weighted by Gasteiger charge is -2.00. The van der Waals surface area contributed by atoms with E-state index in [0.29, 0.717) is 0 Å². The molecule has 1 aromatic carbocycles. The molecule has 20 heavy (non-hydrogen) atoms. The summed E-state index contributed by atoms with van der Waals surface area (Å²) in [4.78, 5) is 13.2. The molecule has 0 atom stereocenters. The largest absolute Gasteiger partial charge is 0.294 e. The van der Waals surface area contributed by atoms with Crippen LogP contribution in [0.5, 0.6) is 0 Å². The van der Waals surface area contributed by atoms with Gasteiger partial charge in [-0.05, 0) is 24.6 Å². The Morgan fingerprint density at radius 3 is 2.70 bits per heavy atom. The molecule has 0 saturated heterocycles. The third-order valence-corrected chi connectivity index (χ3v) is 4.29. The first-order valence-corrected chi connectivity index (χ1v) is 7.21. The van der Waals surface area contributed by atoms with Gasteiger partial charge >= 0.3 is 0 Å². The molecule has 0 amide bonds. The van der Waals surface area contributed by atoms with Crippen LogP contribution in [0.2, 0.25) is 0 Å². The fourth-order valence-corrected chi connectivity index (χ4v) is 2.91. The molecule has 4 heteroatoms. The van der Waals surface area contributed by atoms with E-state index in [1.807, 2.05) is 47.4 Å². The van der Waals surface area contributed by atoms with Crippen molar-refractivity contribution < 1.29 is 4.79 Å². The summed E-state index contributed by atoms with van der Waals surface area (Å²) in [5.74, 6) is 0.109. The Kier molecular flexibility index (Phi) is 3.48. The summed E-state index contributed by atoms with van der Waals surface area (Å²) in [6, 6.07) is 14.1. The van der Waals surface area contributed by atoms with Crippen molar-refractivity contribution in [3.05, 3.63) is 65.3 Å². The van der Waals surface area contributed by atoms with Crippen molar-refractivity contribution in [1.82, 2.24) is 9.78 Å². The van der Waals surface area contributed by atoms with Gasteiger partial charge in [0.2, 0.25) is 0 Å². The van der Waals surface area contributed by atoms with Crippen LogP contribution in [0.4, 0.5) is 0 Å². The number of hydrogen-bond acceptors (Lipinski definition) is 3. The summed E-state index contributed by atoms with van der Waals surface area (Å²) < 4.78 is 1.91. The molecule has 0 bridgehead atoms. The van der Waals surface area contributed by atoms with Crippen LogP contribution < -0.4 is 0 Å². The van der Waals surface area contributed by atoms with E-state index in [1.165, 1.54) is 16.9 Å². The van der Waals surface area contributed by atoms with Gasteiger partial charge in [-0.1, -0.05) is 30.3 Å². The highest BCUT2D eigenvalue weighted by molar-refractivity contribution is 7.17. The van der Waals surface area contributed by atoms with Crippen LogP contribution in [0.3, 0.4) is 0 Å². The van der Waals surface area contributed by atoms with E-state index in [2.05, 4.69) is 17.2 Å². The molecule has 3 nitrogen and oxygen atoms in total. The van der Waals surface area contributed by atoms with Crippen molar-refractivity contribution in [2.45, 2.75) is 13.5 Å². The lowest BCUT2D eigenvalue weighted by atomic mass is 10.2. The monoisotopic (exact) mass is 282 g/mol. The van der Waals surface area contributed by atoms with E-state index in [4.69, 9.17) is 0 Å². The highest BCUT2D eigenvalue weighted by Crippen LogP contribution is 2.28. The maximum absolute atomic E-state index is 11.3. The molecule has 0 fully saturated rings. The number of Topliss-reactive ketones (excluding diaryl/α,β-unsaturated/α-hetero) is 1. The SMILES string of the molecule is CC(=O)c1ccc(-c2cnn(Cc3ccccc3)c2)s1. The van der Waals surface area contributed by atoms with E-state index < -0.39 is 0 Å². The van der Waals surface area contributed by atoms with Crippen molar-refractivity contribution >= 4 is 17.1 Å². The highest BCUT2D eigenvalue weighted by atomic mass is 32.1. The summed E-state index contributed by atoms with van der Waals surface area (Å²) in [5.41, 5.74) is 2.27. The lowest BCUT2D eigenvalue weighted by Crippen LogP contribution is -1.98. The van der Waals surface area contributed by atoms with Gasteiger partial charge in [-0.2, -0.15) is 5.10 Å². The first kappa shape index (κ1) is 12.8. The van der Waals surface area contributed by atoms with Crippen LogP contribution in [0.1, 0.15) is 22.2 Å². The number of nitrogens with zero attached hydrogens (tertiary/aromatic N) is 2. The Labute approximate surface area is 121 Å². The maximum atomic E-state index is 11.3. The molecule has 2 heterocycles. The normalized spacial score (nSPS) is 10.7. The van der Waals surface area contributed by atoms with Crippen molar-refractivity contribution in [2.75, 3.05) is 0 Å². The van der Waals surface area contributed by atoms with Crippen LogP contribution in [0.25, 0.3) is 10.4 Å². The van der Waals surface area contributed by atoms with Gasteiger partial charge in [0.15, 0.2) is 5.78 Å². The molecule has 0 unspecified atom stereocenters. The minimum Gasteiger partial charge on any atom is -0.294 e. The molecule has 100 valence electrons. The van der Waals surface area contributed by atoms with Gasteiger partial charge in [0.1, 0.15) is 0 Å². The molecule has 0 radical (unpaired) electrons. The topological polar surface area (TPSA) is 34.9 Å². The molecule has 0 aliphatic rings. The van der Waals surface area contributed by atoms with Gasteiger partial charge in [-0.25, -0.2) is 0 Å². The molecule has 3 aromatic rings. The zero-order valence-electron chi connectivity index (χ0n) is 11.1. The Bertz CT molecular complexity index is 728. The number of ketones is 1. The second-order valence-corrected chi connectivity index (χ2v) is 5.72. The summed E-state index contributed by atoms with van der Waals surface area (Å²) in [6.07, 6.45) is 3.86. The molecule has 2 aromatic heterocycles. The maximum Gasteiger partial charge on any atom is 0.169 e. The second-order valence-electron chi connectivity index (χ2n) is 4.63. The van der Waals surface area contributed by atoms with Gasteiger partial charge in [-0.15, -0.1) is 11.3 Å². The Morgan fingerprint density at radius 1 is 1.20 bits per heavy atom. The van der Waals surface area contributed by atoms with Crippen molar-refractivity contribution in [3.8, 4) is 10.4 Å². The number of benzene rings is 1. The molecule has 0 saturated carbocycles. The molecule has 0 aliphatic heterocycles. The number of thiophene rings is 1. The summed E-state index contributed by atoms with van der Waals surface area (Å²) in [6.45, 7) is 2.35. The Balaban J connectivity index is 1.81. The smallest absolute Gasteiger partial charge is 0.169 e. The standard InChI is InChI=1S/C16H14N2OS/c1-12(19)15-7-8-16(20-15)14-9-17-18(11-14)10-13-5-3-2-4-6-13/h2-9,11H,10H2,1H3. The van der Waals surface area contributed by atoms with Crippen LogP contribution in [0, 0.1) is 0 Å². The minimum atomic E-state index is 0.109. The lowest BCUT2D eigenvalue weighted by molar-refractivity contribution is 0.102. The van der Waals surface area contributed by atoms with Crippen LogP contribution in [-0.2, 0) is 6.54 Å². The zero-order valence-corrected chi connectivity index (χ0v) is 11.9. The fraction of sp³-hybridized carbons (Fsp3) is 0.125. The van der Waals surface area contributed by atoms with E-state index in [1.54, 1.807) is 6.92 Å². The molecule has 0 aliphatic carbocycles. The molecule has 0 spiro atoms. The third-order valence-electron chi connectivity index (χ3n) is 3.06. The van der Waals surface area contributed by atoms with Gasteiger partial charge in [0.25, 0.3) is 0 Å². The van der Waals surface area contributed by atoms with E-state index >= 15 is 0 Å². The first-order chi connectivity index (χ1) is 9.72. The van der Waals surface area contributed by atoms with Crippen molar-refractivity contribution in [3.63, 3.8) is 0 Å². The number of rotatable bonds is 4. The molecular formula is C16H14N2OS. The molecule has 0 N–H and O–H groups in total. The van der Waals surface area contributed by atoms with Crippen LogP contribution in [-0.4, -0.2) is 15.6 Å². The summed E-state index contributed by atoms with van der Waals surface area (Å²) in [7, 11) is 0. The number of aromatic nitrogens is 2. The fourth-order valence-electron chi connectivity index (χ4n) is 2.03. The van der Waals surface area contributed by atoms with E-state index in [-0.39, 0.29) is 5.78 Å². The Morgan fingerprint density at radius 2 is 2.00 bits per heavy atom. The predicted octanol–water partition coefficient (Wildman–Crippen LogP) is 3.86. The van der Waals surface area contributed by atoms with Gasteiger partial charge in [0.05, 0.1) is 17.6 Å². The van der Waals surface area contributed by atoms with E-state index in [0.717, 1.165) is 21.9 Å². The second kappa shape index (κ2) is 5.43. The van der Waals surface area contributed by atoms with E-state index in [9.17, 15) is 4.79 Å². The quantitative estimate of drug-likeness (QED) is 0.681. The average molecular weight is 282 g/mol. The molecule has 3 rings (SSSR count). The summed E-state index contributed by atoms with van der Waals surface area (Å²) >= 11 is 1.51.